The number of carboxylic acids is 1. The van der Waals surface area contributed by atoms with Crippen molar-refractivity contribution in [2.24, 2.45) is 0 Å². The predicted octanol–water partition coefficient (Wildman–Crippen LogP) is 3.05. The van der Waals surface area contributed by atoms with Crippen LogP contribution in [0.2, 0.25) is 5.02 Å². The van der Waals surface area contributed by atoms with Crippen LogP contribution in [0.3, 0.4) is 0 Å². The summed E-state index contributed by atoms with van der Waals surface area (Å²) in [5, 5.41) is 17.3. The van der Waals surface area contributed by atoms with Crippen LogP contribution in [-0.2, 0) is 0 Å². The Hall–Kier alpha value is -1.88. The second kappa shape index (κ2) is 5.01. The second-order valence-corrected chi connectivity index (χ2v) is 5.06. The Kier molecular flexibility index (Phi) is 3.57. The predicted molar refractivity (Wildman–Crippen MR) is 72.2 cm³/mol. The Bertz CT molecular complexity index is 635. The van der Waals surface area contributed by atoms with E-state index in [-0.39, 0.29) is 11.6 Å². The van der Waals surface area contributed by atoms with Crippen LogP contribution in [0.15, 0.2) is 18.2 Å². The number of carboxylic acid groups (broad SMARTS) is 1. The SMILES string of the molecule is Cc1ccc(Cl)c(-n2nnc(C(=O)O)c2C(C)C)c1. The van der Waals surface area contributed by atoms with Crippen LogP contribution in [-0.4, -0.2) is 26.1 Å². The molecule has 2 aromatic rings. The van der Waals surface area contributed by atoms with Gasteiger partial charge in [0.1, 0.15) is 0 Å². The lowest BCUT2D eigenvalue weighted by molar-refractivity contribution is 0.0688. The molecule has 19 heavy (non-hydrogen) atoms. The van der Waals surface area contributed by atoms with Crippen molar-refractivity contribution in [1.29, 1.82) is 0 Å². The summed E-state index contributed by atoms with van der Waals surface area (Å²) < 4.78 is 1.50. The molecule has 100 valence electrons. The van der Waals surface area contributed by atoms with Crippen LogP contribution in [0.5, 0.6) is 0 Å². The first-order valence-electron chi connectivity index (χ1n) is 5.87. The molecule has 0 saturated heterocycles. The van der Waals surface area contributed by atoms with Gasteiger partial charge >= 0.3 is 5.97 Å². The molecule has 5 nitrogen and oxygen atoms in total. The maximum Gasteiger partial charge on any atom is 0.358 e. The summed E-state index contributed by atoms with van der Waals surface area (Å²) in [5.41, 5.74) is 2.17. The molecule has 0 amide bonds. The van der Waals surface area contributed by atoms with E-state index in [0.717, 1.165) is 5.56 Å². The minimum Gasteiger partial charge on any atom is -0.476 e. The van der Waals surface area contributed by atoms with Crippen molar-refractivity contribution in [1.82, 2.24) is 15.0 Å². The molecule has 1 heterocycles. The third-order valence-electron chi connectivity index (χ3n) is 2.78. The van der Waals surface area contributed by atoms with Gasteiger partial charge in [-0.25, -0.2) is 9.48 Å². The molecule has 2 rings (SSSR count). The third-order valence-corrected chi connectivity index (χ3v) is 3.10. The van der Waals surface area contributed by atoms with Gasteiger partial charge in [0.25, 0.3) is 0 Å². The number of aromatic carboxylic acids is 1. The molecule has 6 heteroatoms. The zero-order valence-electron chi connectivity index (χ0n) is 10.9. The summed E-state index contributed by atoms with van der Waals surface area (Å²) in [4.78, 5) is 11.2. The molecule has 0 aliphatic heterocycles. The molecule has 0 aliphatic rings. The smallest absolute Gasteiger partial charge is 0.358 e. The van der Waals surface area contributed by atoms with Crippen molar-refractivity contribution in [3.05, 3.63) is 40.2 Å². The molecule has 0 unspecified atom stereocenters. The highest BCUT2D eigenvalue weighted by Crippen LogP contribution is 2.26. The van der Waals surface area contributed by atoms with E-state index in [2.05, 4.69) is 10.3 Å². The number of halogens is 1. The molecule has 0 saturated carbocycles. The van der Waals surface area contributed by atoms with Gasteiger partial charge in [-0.2, -0.15) is 0 Å². The van der Waals surface area contributed by atoms with E-state index in [1.807, 2.05) is 32.9 Å². The largest absolute Gasteiger partial charge is 0.476 e. The van der Waals surface area contributed by atoms with Crippen LogP contribution in [0.1, 0.15) is 41.5 Å². The third kappa shape index (κ3) is 2.46. The van der Waals surface area contributed by atoms with E-state index >= 15 is 0 Å². The second-order valence-electron chi connectivity index (χ2n) is 4.65. The quantitative estimate of drug-likeness (QED) is 0.937. The first-order valence-corrected chi connectivity index (χ1v) is 6.25. The summed E-state index contributed by atoms with van der Waals surface area (Å²) in [6.07, 6.45) is 0. The molecule has 0 radical (unpaired) electrons. The molecule has 0 atom stereocenters. The van der Waals surface area contributed by atoms with E-state index in [1.165, 1.54) is 4.68 Å². The van der Waals surface area contributed by atoms with Crippen LogP contribution in [0.25, 0.3) is 5.69 Å². The zero-order valence-corrected chi connectivity index (χ0v) is 11.6. The summed E-state index contributed by atoms with van der Waals surface area (Å²) >= 11 is 6.16. The van der Waals surface area contributed by atoms with Crippen molar-refractivity contribution >= 4 is 17.6 Å². The highest BCUT2D eigenvalue weighted by atomic mass is 35.5. The topological polar surface area (TPSA) is 68.0 Å². The number of nitrogens with zero attached hydrogens (tertiary/aromatic N) is 3. The van der Waals surface area contributed by atoms with Crippen LogP contribution < -0.4 is 0 Å². The number of benzene rings is 1. The summed E-state index contributed by atoms with van der Waals surface area (Å²) in [7, 11) is 0. The first kappa shape index (κ1) is 13.5. The fourth-order valence-corrected chi connectivity index (χ4v) is 2.12. The van der Waals surface area contributed by atoms with Gasteiger partial charge < -0.3 is 5.11 Å². The fraction of sp³-hybridized carbons (Fsp3) is 0.308. The Morgan fingerprint density at radius 2 is 2.11 bits per heavy atom. The maximum atomic E-state index is 11.2. The summed E-state index contributed by atoms with van der Waals surface area (Å²) in [6.45, 7) is 5.72. The van der Waals surface area contributed by atoms with Gasteiger partial charge in [-0.3, -0.25) is 0 Å². The molecule has 0 spiro atoms. The molecular formula is C13H14ClN3O2. The number of aromatic nitrogens is 3. The monoisotopic (exact) mass is 279 g/mol. The lowest BCUT2D eigenvalue weighted by Crippen LogP contribution is -2.09. The van der Waals surface area contributed by atoms with Crippen molar-refractivity contribution in [3.8, 4) is 5.69 Å². The van der Waals surface area contributed by atoms with Crippen LogP contribution >= 0.6 is 11.6 Å². The van der Waals surface area contributed by atoms with E-state index in [9.17, 15) is 4.79 Å². The molecule has 1 aromatic heterocycles. The number of hydrogen-bond acceptors (Lipinski definition) is 3. The van der Waals surface area contributed by atoms with Crippen molar-refractivity contribution in [2.45, 2.75) is 26.7 Å². The highest BCUT2D eigenvalue weighted by Gasteiger charge is 2.23. The number of rotatable bonds is 3. The van der Waals surface area contributed by atoms with Gasteiger partial charge in [-0.1, -0.05) is 36.7 Å². The van der Waals surface area contributed by atoms with E-state index < -0.39 is 5.97 Å². The minimum absolute atomic E-state index is 0.0299. The summed E-state index contributed by atoms with van der Waals surface area (Å²) in [5.74, 6) is -1.11. The minimum atomic E-state index is -1.08. The Balaban J connectivity index is 2.69. The van der Waals surface area contributed by atoms with Crippen molar-refractivity contribution < 1.29 is 9.90 Å². The van der Waals surface area contributed by atoms with E-state index in [4.69, 9.17) is 16.7 Å². The number of aryl methyl sites for hydroxylation is 1. The van der Waals surface area contributed by atoms with Gasteiger partial charge in [0.05, 0.1) is 16.4 Å². The molecular weight excluding hydrogens is 266 g/mol. The number of hydrogen-bond donors (Lipinski definition) is 1. The number of carbonyl (C=O) groups is 1. The van der Waals surface area contributed by atoms with Crippen LogP contribution in [0, 0.1) is 6.92 Å². The van der Waals surface area contributed by atoms with E-state index in [1.54, 1.807) is 6.07 Å². The van der Waals surface area contributed by atoms with Gasteiger partial charge in [-0.05, 0) is 30.5 Å². The van der Waals surface area contributed by atoms with Gasteiger partial charge in [-0.15, -0.1) is 5.10 Å². The fourth-order valence-electron chi connectivity index (χ4n) is 1.92. The van der Waals surface area contributed by atoms with Gasteiger partial charge in [0.2, 0.25) is 0 Å². The zero-order chi connectivity index (χ0) is 14.2. The first-order chi connectivity index (χ1) is 8.91. The van der Waals surface area contributed by atoms with Gasteiger partial charge in [0, 0.05) is 0 Å². The van der Waals surface area contributed by atoms with Crippen molar-refractivity contribution in [3.63, 3.8) is 0 Å². The molecule has 0 bridgehead atoms. The molecule has 1 aromatic carbocycles. The van der Waals surface area contributed by atoms with Crippen molar-refractivity contribution in [2.75, 3.05) is 0 Å². The lowest BCUT2D eigenvalue weighted by Gasteiger charge is -2.11. The summed E-state index contributed by atoms with van der Waals surface area (Å²) in [6, 6.07) is 5.50. The van der Waals surface area contributed by atoms with Crippen LogP contribution in [0.4, 0.5) is 0 Å². The molecule has 0 fully saturated rings. The average molecular weight is 280 g/mol. The standard InChI is InChI=1S/C13H14ClN3O2/c1-7(2)12-11(13(18)19)15-16-17(12)10-6-8(3)4-5-9(10)14/h4-7H,1-3H3,(H,18,19). The molecule has 1 N–H and O–H groups in total. The highest BCUT2D eigenvalue weighted by molar-refractivity contribution is 6.32. The van der Waals surface area contributed by atoms with E-state index in [0.29, 0.717) is 16.4 Å². The Morgan fingerprint density at radius 3 is 2.68 bits per heavy atom. The Morgan fingerprint density at radius 1 is 1.42 bits per heavy atom. The lowest BCUT2D eigenvalue weighted by atomic mass is 10.1. The Labute approximate surface area is 115 Å². The molecule has 0 aliphatic carbocycles. The average Bonchev–Trinajstić information content (AvgIpc) is 2.76. The maximum absolute atomic E-state index is 11.2. The normalized spacial score (nSPS) is 11.0. The van der Waals surface area contributed by atoms with Gasteiger partial charge in [0.15, 0.2) is 5.69 Å².